The van der Waals surface area contributed by atoms with Crippen LogP contribution in [0, 0.1) is 20.8 Å². The van der Waals surface area contributed by atoms with Crippen molar-refractivity contribution < 1.29 is 14.3 Å². The van der Waals surface area contributed by atoms with Crippen LogP contribution in [0.4, 0.5) is 0 Å². The number of rotatable bonds is 5. The zero-order valence-corrected chi connectivity index (χ0v) is 12.6. The maximum Gasteiger partial charge on any atom is 0.255 e. The van der Waals surface area contributed by atoms with Crippen molar-refractivity contribution in [2.24, 2.45) is 0 Å². The molecule has 1 atom stereocenters. The number of hydrogen-bond acceptors (Lipinski definition) is 3. The highest BCUT2D eigenvalue weighted by molar-refractivity contribution is 5.97. The minimum Gasteiger partial charge on any atom is -0.466 e. The molecule has 0 unspecified atom stereocenters. The van der Waals surface area contributed by atoms with Crippen molar-refractivity contribution in [1.29, 1.82) is 0 Å². The van der Waals surface area contributed by atoms with Crippen LogP contribution in [-0.4, -0.2) is 23.7 Å². The van der Waals surface area contributed by atoms with E-state index in [9.17, 15) is 9.90 Å². The number of furan rings is 1. The van der Waals surface area contributed by atoms with Gasteiger partial charge in [0, 0.05) is 5.56 Å². The van der Waals surface area contributed by atoms with Gasteiger partial charge in [-0.1, -0.05) is 30.3 Å². The Balaban J connectivity index is 2.09. The molecule has 0 aliphatic carbocycles. The van der Waals surface area contributed by atoms with Gasteiger partial charge in [0.1, 0.15) is 11.5 Å². The Morgan fingerprint density at radius 2 is 1.86 bits per heavy atom. The summed E-state index contributed by atoms with van der Waals surface area (Å²) in [6, 6.07) is 9.48. The number of hydrogen-bond donors (Lipinski definition) is 2. The first kappa shape index (κ1) is 15.3. The van der Waals surface area contributed by atoms with E-state index in [4.69, 9.17) is 4.42 Å². The number of carbonyl (C=O) groups excluding carboxylic acids is 1. The first-order chi connectivity index (χ1) is 10.0. The predicted octanol–water partition coefficient (Wildman–Crippen LogP) is 2.54. The third-order valence-electron chi connectivity index (χ3n) is 3.67. The van der Waals surface area contributed by atoms with Crippen molar-refractivity contribution >= 4 is 5.91 Å². The second-order valence-corrected chi connectivity index (χ2v) is 5.26. The van der Waals surface area contributed by atoms with Gasteiger partial charge in [-0.3, -0.25) is 4.79 Å². The summed E-state index contributed by atoms with van der Waals surface area (Å²) < 4.78 is 5.48. The summed E-state index contributed by atoms with van der Waals surface area (Å²) in [6.07, 6.45) is 0.595. The van der Waals surface area contributed by atoms with Crippen molar-refractivity contribution in [2.45, 2.75) is 33.2 Å². The van der Waals surface area contributed by atoms with E-state index in [0.29, 0.717) is 17.7 Å². The molecule has 2 rings (SSSR count). The Labute approximate surface area is 124 Å². The zero-order chi connectivity index (χ0) is 15.4. The number of nitrogens with one attached hydrogen (secondary N) is 1. The van der Waals surface area contributed by atoms with Crippen molar-refractivity contribution in [3.05, 3.63) is 58.5 Å². The lowest BCUT2D eigenvalue weighted by Crippen LogP contribution is -2.39. The van der Waals surface area contributed by atoms with E-state index in [-0.39, 0.29) is 18.6 Å². The summed E-state index contributed by atoms with van der Waals surface area (Å²) in [7, 11) is 0. The van der Waals surface area contributed by atoms with Gasteiger partial charge >= 0.3 is 0 Å². The van der Waals surface area contributed by atoms with Crippen LogP contribution in [0.25, 0.3) is 0 Å². The van der Waals surface area contributed by atoms with Crippen LogP contribution < -0.4 is 5.32 Å². The quantitative estimate of drug-likeness (QED) is 0.888. The van der Waals surface area contributed by atoms with Crippen LogP contribution >= 0.6 is 0 Å². The summed E-state index contributed by atoms with van der Waals surface area (Å²) in [5.74, 6) is 1.16. The predicted molar refractivity (Wildman–Crippen MR) is 81.4 cm³/mol. The highest BCUT2D eigenvalue weighted by Crippen LogP contribution is 2.20. The van der Waals surface area contributed by atoms with Crippen LogP contribution in [0.15, 0.2) is 34.7 Å². The molecule has 4 heteroatoms. The molecule has 0 saturated carbocycles. The van der Waals surface area contributed by atoms with Crippen LogP contribution in [-0.2, 0) is 6.42 Å². The Morgan fingerprint density at radius 3 is 2.38 bits per heavy atom. The van der Waals surface area contributed by atoms with Crippen molar-refractivity contribution in [3.63, 3.8) is 0 Å². The zero-order valence-electron chi connectivity index (χ0n) is 12.6. The van der Waals surface area contributed by atoms with Gasteiger partial charge in [-0.2, -0.15) is 0 Å². The molecule has 0 radical (unpaired) electrons. The van der Waals surface area contributed by atoms with Crippen molar-refractivity contribution in [1.82, 2.24) is 5.32 Å². The second-order valence-electron chi connectivity index (χ2n) is 5.26. The highest BCUT2D eigenvalue weighted by atomic mass is 16.3. The standard InChI is InChI=1S/C17H21NO3/c1-11-12(2)21-13(3)16(11)17(20)18-15(10-19)9-14-7-5-4-6-8-14/h4-8,15,19H,9-10H2,1-3H3,(H,18,20)/t15-/m1/s1. The monoisotopic (exact) mass is 287 g/mol. The molecule has 0 saturated heterocycles. The molecule has 1 aromatic carbocycles. The molecular formula is C17H21NO3. The van der Waals surface area contributed by atoms with Gasteiger partial charge in [0.15, 0.2) is 0 Å². The normalized spacial score (nSPS) is 12.2. The van der Waals surface area contributed by atoms with Gasteiger partial charge in [-0.15, -0.1) is 0 Å². The maximum absolute atomic E-state index is 12.4. The van der Waals surface area contributed by atoms with E-state index >= 15 is 0 Å². The van der Waals surface area contributed by atoms with Crippen LogP contribution in [0.1, 0.15) is 33.0 Å². The lowest BCUT2D eigenvalue weighted by Gasteiger charge is -2.16. The molecule has 4 nitrogen and oxygen atoms in total. The molecule has 112 valence electrons. The average Bonchev–Trinajstić information content (AvgIpc) is 2.72. The molecule has 0 fully saturated rings. The lowest BCUT2D eigenvalue weighted by molar-refractivity contribution is 0.0914. The number of aliphatic hydroxyl groups is 1. The SMILES string of the molecule is Cc1oc(C)c(C(=O)N[C@@H](CO)Cc2ccccc2)c1C. The van der Waals surface area contributed by atoms with E-state index in [1.54, 1.807) is 6.92 Å². The van der Waals surface area contributed by atoms with Crippen molar-refractivity contribution in [2.75, 3.05) is 6.61 Å². The molecule has 0 spiro atoms. The van der Waals surface area contributed by atoms with E-state index in [0.717, 1.165) is 16.9 Å². The number of amides is 1. The van der Waals surface area contributed by atoms with Gasteiger partial charge < -0.3 is 14.8 Å². The van der Waals surface area contributed by atoms with Crippen molar-refractivity contribution in [3.8, 4) is 0 Å². The molecule has 21 heavy (non-hydrogen) atoms. The smallest absolute Gasteiger partial charge is 0.255 e. The maximum atomic E-state index is 12.4. The fraction of sp³-hybridized carbons (Fsp3) is 0.353. The molecule has 2 N–H and O–H groups in total. The van der Waals surface area contributed by atoms with Gasteiger partial charge in [0.05, 0.1) is 18.2 Å². The fourth-order valence-corrected chi connectivity index (χ4v) is 2.44. The van der Waals surface area contributed by atoms with Gasteiger partial charge in [0.2, 0.25) is 0 Å². The Hall–Kier alpha value is -2.07. The van der Waals surface area contributed by atoms with Crippen LogP contribution in [0.5, 0.6) is 0 Å². The minimum absolute atomic E-state index is 0.102. The molecule has 2 aromatic rings. The number of aryl methyl sites for hydroxylation is 2. The molecule has 1 aromatic heterocycles. The number of aliphatic hydroxyl groups excluding tert-OH is 1. The van der Waals surface area contributed by atoms with Gasteiger partial charge in [-0.25, -0.2) is 0 Å². The first-order valence-corrected chi connectivity index (χ1v) is 7.05. The molecule has 0 aliphatic rings. The Bertz CT molecular complexity index is 616. The van der Waals surface area contributed by atoms with Gasteiger partial charge in [0.25, 0.3) is 5.91 Å². The summed E-state index contributed by atoms with van der Waals surface area (Å²) in [4.78, 5) is 12.4. The largest absolute Gasteiger partial charge is 0.466 e. The van der Waals surface area contributed by atoms with E-state index in [2.05, 4.69) is 5.32 Å². The first-order valence-electron chi connectivity index (χ1n) is 7.05. The van der Waals surface area contributed by atoms with Crippen LogP contribution in [0.2, 0.25) is 0 Å². The topological polar surface area (TPSA) is 62.5 Å². The van der Waals surface area contributed by atoms with Crippen LogP contribution in [0.3, 0.4) is 0 Å². The Morgan fingerprint density at radius 1 is 1.19 bits per heavy atom. The highest BCUT2D eigenvalue weighted by Gasteiger charge is 2.21. The average molecular weight is 287 g/mol. The summed E-state index contributed by atoms with van der Waals surface area (Å²) in [5.41, 5.74) is 2.49. The molecule has 0 aliphatic heterocycles. The summed E-state index contributed by atoms with van der Waals surface area (Å²) >= 11 is 0. The minimum atomic E-state index is -0.311. The molecule has 1 heterocycles. The molecule has 0 bridgehead atoms. The fourth-order valence-electron chi connectivity index (χ4n) is 2.44. The third kappa shape index (κ3) is 3.52. The second kappa shape index (κ2) is 6.59. The summed E-state index contributed by atoms with van der Waals surface area (Å²) in [5, 5.41) is 12.4. The Kier molecular flexibility index (Phi) is 4.81. The lowest BCUT2D eigenvalue weighted by atomic mass is 10.0. The summed E-state index contributed by atoms with van der Waals surface area (Å²) in [6.45, 7) is 5.38. The van der Waals surface area contributed by atoms with E-state index in [1.165, 1.54) is 0 Å². The molecular weight excluding hydrogens is 266 g/mol. The molecule has 1 amide bonds. The van der Waals surface area contributed by atoms with E-state index < -0.39 is 0 Å². The van der Waals surface area contributed by atoms with Gasteiger partial charge in [-0.05, 0) is 32.8 Å². The van der Waals surface area contributed by atoms with E-state index in [1.807, 2.05) is 44.2 Å². The third-order valence-corrected chi connectivity index (χ3v) is 3.67. The number of carbonyl (C=O) groups is 1. The number of benzene rings is 1.